The number of nitrogens with zero attached hydrogens (tertiary/aromatic N) is 7. The summed E-state index contributed by atoms with van der Waals surface area (Å²) < 4.78 is 3.30. The summed E-state index contributed by atoms with van der Waals surface area (Å²) >= 11 is 0. The molecule has 0 fully saturated rings. The summed E-state index contributed by atoms with van der Waals surface area (Å²) in [5, 5.41) is 25.2. The smallest absolute Gasteiger partial charge is 0.269 e. The van der Waals surface area contributed by atoms with E-state index in [-0.39, 0.29) is 11.9 Å². The van der Waals surface area contributed by atoms with Gasteiger partial charge in [-0.05, 0) is 36.6 Å². The van der Waals surface area contributed by atoms with Crippen molar-refractivity contribution < 1.29 is 4.79 Å². The Bertz CT molecular complexity index is 876. The highest BCUT2D eigenvalue weighted by atomic mass is 16.2. The molecule has 3 aromatic heterocycles. The minimum absolute atomic E-state index is 0.0327. The van der Waals surface area contributed by atoms with Crippen molar-refractivity contribution >= 4 is 5.91 Å². The molecule has 1 aliphatic rings. The Morgan fingerprint density at radius 1 is 1.46 bits per heavy atom. The second-order valence-electron chi connectivity index (χ2n) is 5.88. The number of tetrazole rings is 1. The van der Waals surface area contributed by atoms with Crippen LogP contribution in [0.3, 0.4) is 0 Å². The Morgan fingerprint density at radius 2 is 2.33 bits per heavy atom. The van der Waals surface area contributed by atoms with Crippen LogP contribution >= 0.6 is 0 Å². The topological polar surface area (TPSA) is 119 Å². The predicted molar refractivity (Wildman–Crippen MR) is 82.4 cm³/mol. The summed E-state index contributed by atoms with van der Waals surface area (Å²) in [4.78, 5) is 12.6. The molecule has 10 nitrogen and oxygen atoms in total. The van der Waals surface area contributed by atoms with Crippen LogP contribution in [0.5, 0.6) is 0 Å². The number of nitrogens with one attached hydrogen (secondary N) is 2. The van der Waals surface area contributed by atoms with Crippen LogP contribution in [0.25, 0.3) is 5.82 Å². The number of aryl methyl sites for hydroxylation is 2. The van der Waals surface area contributed by atoms with E-state index in [0.29, 0.717) is 11.5 Å². The van der Waals surface area contributed by atoms with E-state index in [1.165, 1.54) is 16.7 Å². The largest absolute Gasteiger partial charge is 0.344 e. The van der Waals surface area contributed by atoms with Crippen LogP contribution < -0.4 is 5.32 Å². The monoisotopic (exact) mass is 327 g/mol. The fourth-order valence-electron chi connectivity index (χ4n) is 3.28. The van der Waals surface area contributed by atoms with E-state index in [4.69, 9.17) is 0 Å². The number of fused-ring (bicyclic) bond motifs is 1. The summed E-state index contributed by atoms with van der Waals surface area (Å²) in [5.74, 6) is 0.259. The van der Waals surface area contributed by atoms with E-state index in [1.54, 1.807) is 6.07 Å². The van der Waals surface area contributed by atoms with Gasteiger partial charge in [0.15, 0.2) is 5.82 Å². The van der Waals surface area contributed by atoms with Gasteiger partial charge in [-0.3, -0.25) is 14.6 Å². The molecule has 1 atom stereocenters. The second kappa shape index (κ2) is 5.55. The van der Waals surface area contributed by atoms with Gasteiger partial charge in [0.05, 0.1) is 11.7 Å². The minimum atomic E-state index is -0.206. The van der Waals surface area contributed by atoms with Gasteiger partial charge in [0.2, 0.25) is 0 Å². The molecule has 1 aliphatic carbocycles. The molecule has 3 aromatic rings. The third kappa shape index (κ3) is 2.36. The summed E-state index contributed by atoms with van der Waals surface area (Å²) in [6.07, 6.45) is 4.34. The van der Waals surface area contributed by atoms with Crippen molar-refractivity contribution in [3.05, 3.63) is 35.0 Å². The van der Waals surface area contributed by atoms with Crippen molar-refractivity contribution in [2.45, 2.75) is 32.2 Å². The lowest BCUT2D eigenvalue weighted by atomic mass is 9.91. The van der Waals surface area contributed by atoms with Gasteiger partial charge < -0.3 is 5.32 Å². The maximum Gasteiger partial charge on any atom is 0.269 e. The molecule has 0 aromatic carbocycles. The normalized spacial score (nSPS) is 16.8. The summed E-state index contributed by atoms with van der Waals surface area (Å²) in [5.41, 5.74) is 3.67. The van der Waals surface area contributed by atoms with Gasteiger partial charge in [-0.1, -0.05) is 0 Å². The van der Waals surface area contributed by atoms with E-state index in [1.807, 2.05) is 18.7 Å². The van der Waals surface area contributed by atoms with Gasteiger partial charge in [0.25, 0.3) is 5.91 Å². The molecule has 0 aliphatic heterocycles. The molecule has 10 heteroatoms. The van der Waals surface area contributed by atoms with E-state index < -0.39 is 0 Å². The molecule has 2 N–H and O–H groups in total. The van der Waals surface area contributed by atoms with Crippen LogP contribution in [-0.4, -0.2) is 46.1 Å². The number of hydrogen-bond acceptors (Lipinski definition) is 6. The molecule has 4 rings (SSSR count). The molecule has 0 spiro atoms. The predicted octanol–water partition coefficient (Wildman–Crippen LogP) is 0.235. The van der Waals surface area contributed by atoms with E-state index in [9.17, 15) is 4.79 Å². The van der Waals surface area contributed by atoms with Crippen molar-refractivity contribution in [2.75, 3.05) is 0 Å². The van der Waals surface area contributed by atoms with Gasteiger partial charge >= 0.3 is 0 Å². The van der Waals surface area contributed by atoms with Crippen molar-refractivity contribution in [3.63, 3.8) is 0 Å². The third-order valence-corrected chi connectivity index (χ3v) is 4.34. The van der Waals surface area contributed by atoms with Crippen LogP contribution in [0.15, 0.2) is 12.4 Å². The van der Waals surface area contributed by atoms with Crippen LogP contribution in [0, 0.1) is 6.92 Å². The number of carbonyl (C=O) groups is 1. The molecule has 0 bridgehead atoms. The molecule has 0 radical (unpaired) electrons. The number of amides is 1. The Hall–Kier alpha value is -3.04. The average molecular weight is 327 g/mol. The zero-order chi connectivity index (χ0) is 16.7. The van der Waals surface area contributed by atoms with Gasteiger partial charge in [0, 0.05) is 24.4 Å². The first-order chi connectivity index (χ1) is 11.6. The molecule has 1 amide bonds. The van der Waals surface area contributed by atoms with Crippen molar-refractivity contribution in [1.29, 1.82) is 0 Å². The molecular formula is C14H17N9O. The quantitative estimate of drug-likeness (QED) is 0.711. The van der Waals surface area contributed by atoms with E-state index >= 15 is 0 Å². The van der Waals surface area contributed by atoms with Crippen LogP contribution in [0.1, 0.15) is 46.3 Å². The average Bonchev–Trinajstić information content (AvgIpc) is 3.28. The Balaban J connectivity index is 1.55. The third-order valence-electron chi connectivity index (χ3n) is 4.34. The SMILES string of the molecule is Cc1nn(C)c2c1C(NC(=O)c1cc(-n3cnnn3)n[nH]1)CCC2. The van der Waals surface area contributed by atoms with Gasteiger partial charge in [0.1, 0.15) is 12.0 Å². The Kier molecular flexibility index (Phi) is 3.36. The summed E-state index contributed by atoms with van der Waals surface area (Å²) in [7, 11) is 1.95. The fraction of sp³-hybridized carbons (Fsp3) is 0.429. The summed E-state index contributed by atoms with van der Waals surface area (Å²) in [6.45, 7) is 1.98. The first-order valence-corrected chi connectivity index (χ1v) is 7.75. The molecule has 24 heavy (non-hydrogen) atoms. The number of rotatable bonds is 3. The second-order valence-corrected chi connectivity index (χ2v) is 5.88. The van der Waals surface area contributed by atoms with Gasteiger partial charge in [-0.2, -0.15) is 14.9 Å². The lowest BCUT2D eigenvalue weighted by Crippen LogP contribution is -2.31. The summed E-state index contributed by atoms with van der Waals surface area (Å²) in [6, 6.07) is 1.58. The number of aromatic amines is 1. The first kappa shape index (κ1) is 14.5. The maximum atomic E-state index is 12.6. The number of carbonyl (C=O) groups excluding carboxylic acids is 1. The van der Waals surface area contributed by atoms with Crippen LogP contribution in [-0.2, 0) is 13.5 Å². The molecule has 3 heterocycles. The van der Waals surface area contributed by atoms with Crippen molar-refractivity contribution in [3.8, 4) is 5.82 Å². The standard InChI is InChI=1S/C14H17N9O/c1-8-13-9(4-3-5-11(13)22(2)19-8)16-14(24)10-6-12(18-17-10)23-7-15-20-21-23/h6-7,9H,3-5H2,1-2H3,(H,16,24)(H,17,18). The van der Waals surface area contributed by atoms with Gasteiger partial charge in [-0.15, -0.1) is 5.10 Å². The lowest BCUT2D eigenvalue weighted by Gasteiger charge is -2.24. The molecular weight excluding hydrogens is 310 g/mol. The fourth-order valence-corrected chi connectivity index (χ4v) is 3.28. The zero-order valence-corrected chi connectivity index (χ0v) is 13.4. The lowest BCUT2D eigenvalue weighted by molar-refractivity contribution is 0.0927. The van der Waals surface area contributed by atoms with Crippen molar-refractivity contribution in [1.82, 2.24) is 45.5 Å². The van der Waals surface area contributed by atoms with Gasteiger partial charge in [-0.25, -0.2) is 0 Å². The highest BCUT2D eigenvalue weighted by molar-refractivity contribution is 5.93. The van der Waals surface area contributed by atoms with Crippen LogP contribution in [0.2, 0.25) is 0 Å². The zero-order valence-electron chi connectivity index (χ0n) is 13.4. The minimum Gasteiger partial charge on any atom is -0.344 e. The Labute approximate surface area is 137 Å². The first-order valence-electron chi connectivity index (χ1n) is 7.75. The molecule has 0 saturated heterocycles. The highest BCUT2D eigenvalue weighted by Gasteiger charge is 2.28. The molecule has 124 valence electrons. The number of hydrogen-bond donors (Lipinski definition) is 2. The highest BCUT2D eigenvalue weighted by Crippen LogP contribution is 2.31. The van der Waals surface area contributed by atoms with Crippen molar-refractivity contribution in [2.24, 2.45) is 7.05 Å². The van der Waals surface area contributed by atoms with E-state index in [2.05, 4.69) is 36.1 Å². The van der Waals surface area contributed by atoms with Crippen LogP contribution in [0.4, 0.5) is 0 Å². The number of H-pyrrole nitrogens is 1. The maximum absolute atomic E-state index is 12.6. The van der Waals surface area contributed by atoms with E-state index in [0.717, 1.165) is 30.5 Å². The molecule has 1 unspecified atom stereocenters. The Morgan fingerprint density at radius 3 is 3.12 bits per heavy atom. The molecule has 0 saturated carbocycles. The number of aromatic nitrogens is 8.